The number of benzene rings is 2. The number of nitrogens with two attached hydrogens (primary N) is 1. The zero-order valence-electron chi connectivity index (χ0n) is 17.2. The lowest BCUT2D eigenvalue weighted by molar-refractivity contribution is 0.100. The fourth-order valence-corrected chi connectivity index (χ4v) is 4.24. The molecule has 5 heteroatoms. The van der Waals surface area contributed by atoms with Crippen LogP contribution in [-0.2, 0) is 6.54 Å². The highest BCUT2D eigenvalue weighted by atomic mass is 16.1. The van der Waals surface area contributed by atoms with E-state index < -0.39 is 5.91 Å². The number of primary amides is 1. The molecule has 0 spiro atoms. The van der Waals surface area contributed by atoms with Gasteiger partial charge in [-0.25, -0.2) is 4.98 Å². The highest BCUT2D eigenvalue weighted by molar-refractivity contribution is 6.07. The molecule has 2 aromatic carbocycles. The molecule has 1 aliphatic heterocycles. The third-order valence-electron chi connectivity index (χ3n) is 5.86. The number of carbonyl (C=O) groups excluding carboxylic acids is 1. The molecule has 1 amide bonds. The quantitative estimate of drug-likeness (QED) is 0.506. The van der Waals surface area contributed by atoms with Gasteiger partial charge in [-0.1, -0.05) is 66.7 Å². The predicted octanol–water partition coefficient (Wildman–Crippen LogP) is 4.62. The Morgan fingerprint density at radius 1 is 1.06 bits per heavy atom. The normalized spacial score (nSPS) is 14.5. The van der Waals surface area contributed by atoms with E-state index in [0.29, 0.717) is 11.1 Å². The summed E-state index contributed by atoms with van der Waals surface area (Å²) in [5, 5.41) is 0. The van der Waals surface area contributed by atoms with E-state index in [9.17, 15) is 4.79 Å². The van der Waals surface area contributed by atoms with E-state index in [4.69, 9.17) is 10.7 Å². The number of fused-ring (bicyclic) bond motifs is 1. The summed E-state index contributed by atoms with van der Waals surface area (Å²) in [6.45, 7) is 2.81. The topological polar surface area (TPSA) is 75.0 Å². The number of hydrogen-bond acceptors (Lipinski definition) is 3. The molecule has 0 fully saturated rings. The van der Waals surface area contributed by atoms with Crippen molar-refractivity contribution in [3.8, 4) is 11.3 Å². The summed E-state index contributed by atoms with van der Waals surface area (Å²) in [5.74, 6) is -0.454. The van der Waals surface area contributed by atoms with Gasteiger partial charge in [0.1, 0.15) is 0 Å². The molecule has 4 aromatic rings. The van der Waals surface area contributed by atoms with Gasteiger partial charge in [-0.05, 0) is 23.6 Å². The number of nitrogens with zero attached hydrogens (tertiary/aromatic N) is 2. The maximum absolute atomic E-state index is 12.2. The van der Waals surface area contributed by atoms with Crippen LogP contribution in [0.3, 0.4) is 0 Å². The van der Waals surface area contributed by atoms with Gasteiger partial charge >= 0.3 is 0 Å². The highest BCUT2D eigenvalue weighted by Gasteiger charge is 2.20. The number of amides is 1. The Kier molecular flexibility index (Phi) is 5.10. The van der Waals surface area contributed by atoms with Gasteiger partial charge < -0.3 is 10.7 Å². The molecule has 3 N–H and O–H groups in total. The van der Waals surface area contributed by atoms with Crippen LogP contribution >= 0.6 is 0 Å². The predicted molar refractivity (Wildman–Crippen MR) is 124 cm³/mol. The van der Waals surface area contributed by atoms with Crippen molar-refractivity contribution in [1.82, 2.24) is 14.9 Å². The summed E-state index contributed by atoms with van der Waals surface area (Å²) in [6, 6.07) is 22.2. The van der Waals surface area contributed by atoms with Crippen molar-refractivity contribution in [2.45, 2.75) is 13.0 Å². The first-order valence-electron chi connectivity index (χ1n) is 10.5. The van der Waals surface area contributed by atoms with Crippen LogP contribution < -0.4 is 5.73 Å². The van der Waals surface area contributed by atoms with E-state index in [1.165, 1.54) is 11.1 Å². The molecule has 31 heavy (non-hydrogen) atoms. The van der Waals surface area contributed by atoms with Gasteiger partial charge in [-0.2, -0.15) is 0 Å². The first-order chi connectivity index (χ1) is 15.2. The molecule has 0 bridgehead atoms. The molecule has 0 saturated carbocycles. The standard InChI is InChI=1S/C26H24N4O/c27-26(31)21-15-23(20-9-5-2-6-10-20)29-25-22(16-28-24(21)25)19-11-13-30(14-12-19)17-18-7-3-1-4-8-18/h1-11,15-16,28H,12-14,17H2,(H2,27,31). The van der Waals surface area contributed by atoms with E-state index in [-0.39, 0.29) is 0 Å². The van der Waals surface area contributed by atoms with Crippen molar-refractivity contribution in [1.29, 1.82) is 0 Å². The van der Waals surface area contributed by atoms with E-state index >= 15 is 0 Å². The lowest BCUT2D eigenvalue weighted by Gasteiger charge is -2.26. The van der Waals surface area contributed by atoms with Crippen LogP contribution in [0.1, 0.15) is 27.9 Å². The average molecular weight is 409 g/mol. The van der Waals surface area contributed by atoms with Gasteiger partial charge in [-0.3, -0.25) is 9.69 Å². The number of hydrogen-bond donors (Lipinski definition) is 2. The van der Waals surface area contributed by atoms with Crippen molar-refractivity contribution in [2.75, 3.05) is 13.1 Å². The van der Waals surface area contributed by atoms with Crippen LogP contribution in [0.15, 0.2) is 79.0 Å². The Labute approximate surface area is 181 Å². The first-order valence-corrected chi connectivity index (χ1v) is 10.5. The molecule has 2 aromatic heterocycles. The van der Waals surface area contributed by atoms with Crippen LogP contribution in [0.25, 0.3) is 27.9 Å². The number of nitrogens with one attached hydrogen (secondary N) is 1. The van der Waals surface area contributed by atoms with Gasteiger partial charge in [0, 0.05) is 37.0 Å². The van der Waals surface area contributed by atoms with Gasteiger partial charge in [0.2, 0.25) is 0 Å². The zero-order valence-corrected chi connectivity index (χ0v) is 17.2. The van der Waals surface area contributed by atoms with Gasteiger partial charge in [-0.15, -0.1) is 0 Å². The fraction of sp³-hybridized carbons (Fsp3) is 0.154. The summed E-state index contributed by atoms with van der Waals surface area (Å²) in [6.07, 6.45) is 5.16. The number of H-pyrrole nitrogens is 1. The molecule has 3 heterocycles. The minimum Gasteiger partial charge on any atom is -0.366 e. The Bertz CT molecular complexity index is 1260. The minimum absolute atomic E-state index is 0.454. The molecule has 5 rings (SSSR count). The number of aromatic amines is 1. The van der Waals surface area contributed by atoms with Crippen LogP contribution in [0.4, 0.5) is 0 Å². The second-order valence-electron chi connectivity index (χ2n) is 7.91. The van der Waals surface area contributed by atoms with Crippen LogP contribution in [0, 0.1) is 0 Å². The summed E-state index contributed by atoms with van der Waals surface area (Å²) >= 11 is 0. The molecule has 1 aliphatic rings. The maximum Gasteiger partial charge on any atom is 0.250 e. The second kappa shape index (κ2) is 8.20. The van der Waals surface area contributed by atoms with Crippen molar-refractivity contribution in [2.24, 2.45) is 5.73 Å². The summed E-state index contributed by atoms with van der Waals surface area (Å²) in [4.78, 5) is 22.8. The lowest BCUT2D eigenvalue weighted by Crippen LogP contribution is -2.27. The lowest BCUT2D eigenvalue weighted by atomic mass is 9.99. The monoisotopic (exact) mass is 408 g/mol. The van der Waals surface area contributed by atoms with Gasteiger partial charge in [0.05, 0.1) is 22.3 Å². The smallest absolute Gasteiger partial charge is 0.250 e. The van der Waals surface area contributed by atoms with E-state index in [2.05, 4.69) is 40.2 Å². The van der Waals surface area contributed by atoms with E-state index in [0.717, 1.165) is 48.4 Å². The van der Waals surface area contributed by atoms with Crippen LogP contribution in [0.5, 0.6) is 0 Å². The Balaban J connectivity index is 1.49. The summed E-state index contributed by atoms with van der Waals surface area (Å²) < 4.78 is 0. The molecule has 5 nitrogen and oxygen atoms in total. The van der Waals surface area contributed by atoms with E-state index in [1.807, 2.05) is 42.6 Å². The SMILES string of the molecule is NC(=O)c1cc(-c2ccccc2)nc2c(C3=CCN(Cc4ccccc4)CC3)c[nH]c12. The molecular formula is C26H24N4O. The van der Waals surface area contributed by atoms with Crippen molar-refractivity contribution in [3.63, 3.8) is 0 Å². The average Bonchev–Trinajstić information content (AvgIpc) is 3.24. The molecule has 0 aliphatic carbocycles. The Morgan fingerprint density at radius 2 is 1.81 bits per heavy atom. The molecule has 154 valence electrons. The Hall–Kier alpha value is -3.70. The number of rotatable bonds is 5. The van der Waals surface area contributed by atoms with Crippen molar-refractivity contribution in [3.05, 3.63) is 95.7 Å². The maximum atomic E-state index is 12.2. The first kappa shape index (κ1) is 19.3. The van der Waals surface area contributed by atoms with Crippen molar-refractivity contribution < 1.29 is 4.79 Å². The molecular weight excluding hydrogens is 384 g/mol. The van der Waals surface area contributed by atoms with Gasteiger partial charge in [0.25, 0.3) is 5.91 Å². The molecule has 0 unspecified atom stereocenters. The Morgan fingerprint density at radius 3 is 2.48 bits per heavy atom. The molecule has 0 atom stereocenters. The zero-order chi connectivity index (χ0) is 21.2. The summed E-state index contributed by atoms with van der Waals surface area (Å²) in [5.41, 5.74) is 13.0. The van der Waals surface area contributed by atoms with Crippen LogP contribution in [-0.4, -0.2) is 33.9 Å². The fourth-order valence-electron chi connectivity index (χ4n) is 4.24. The third kappa shape index (κ3) is 3.88. The molecule has 0 saturated heterocycles. The highest BCUT2D eigenvalue weighted by Crippen LogP contribution is 2.32. The van der Waals surface area contributed by atoms with Gasteiger partial charge in [0.15, 0.2) is 0 Å². The second-order valence-corrected chi connectivity index (χ2v) is 7.91. The largest absolute Gasteiger partial charge is 0.366 e. The number of carbonyl (C=O) groups is 1. The van der Waals surface area contributed by atoms with Crippen molar-refractivity contribution >= 4 is 22.5 Å². The minimum atomic E-state index is -0.454. The summed E-state index contributed by atoms with van der Waals surface area (Å²) in [7, 11) is 0. The van der Waals surface area contributed by atoms with E-state index in [1.54, 1.807) is 6.07 Å². The number of pyridine rings is 1. The third-order valence-corrected chi connectivity index (χ3v) is 5.86. The number of aromatic nitrogens is 2. The molecule has 0 radical (unpaired) electrons. The van der Waals surface area contributed by atoms with Crippen LogP contribution in [0.2, 0.25) is 0 Å².